The molecule has 0 radical (unpaired) electrons. The normalized spacial score (nSPS) is 31.8. The van der Waals surface area contributed by atoms with Gasteiger partial charge in [0.15, 0.2) is 4.91 Å². The van der Waals surface area contributed by atoms with E-state index in [1.807, 2.05) is 26.0 Å². The second-order valence-electron chi connectivity index (χ2n) is 9.83. The lowest BCUT2D eigenvalue weighted by atomic mass is 9.64. The molecule has 0 spiro atoms. The van der Waals surface area contributed by atoms with Crippen LogP contribution < -0.4 is 0 Å². The van der Waals surface area contributed by atoms with Crippen molar-refractivity contribution in [1.29, 1.82) is 0 Å². The fourth-order valence-corrected chi connectivity index (χ4v) is 7.67. The van der Waals surface area contributed by atoms with Gasteiger partial charge in [0.25, 0.3) is 0 Å². The number of esters is 1. The molecule has 0 amide bonds. The summed E-state index contributed by atoms with van der Waals surface area (Å²) >= 11 is -1.22. The van der Waals surface area contributed by atoms with Crippen molar-refractivity contribution in [2.75, 3.05) is 13.7 Å². The Balaban J connectivity index is 1.74. The first-order valence-corrected chi connectivity index (χ1v) is 13.8. The molecule has 1 saturated carbocycles. The van der Waals surface area contributed by atoms with E-state index in [4.69, 9.17) is 9.47 Å². The van der Waals surface area contributed by atoms with E-state index in [1.54, 1.807) is 7.11 Å². The van der Waals surface area contributed by atoms with Crippen LogP contribution in [0.2, 0.25) is 0 Å². The zero-order valence-corrected chi connectivity index (χ0v) is 21.6. The summed E-state index contributed by atoms with van der Waals surface area (Å²) in [4.78, 5) is 13.2. The summed E-state index contributed by atoms with van der Waals surface area (Å²) < 4.78 is 28.1. The number of ether oxygens (including phenoxy) is 2. The highest BCUT2D eigenvalue weighted by molar-refractivity contribution is 7.93. The van der Waals surface area contributed by atoms with Crippen molar-refractivity contribution in [1.82, 2.24) is 4.31 Å². The Bertz CT molecular complexity index is 889. The van der Waals surface area contributed by atoms with E-state index in [1.165, 1.54) is 24.8 Å². The summed E-state index contributed by atoms with van der Waals surface area (Å²) in [5, 5.41) is 0. The highest BCUT2D eigenvalue weighted by atomic mass is 32.2. The number of rotatable bonds is 9. The Kier molecular flexibility index (Phi) is 7.76. The van der Waals surface area contributed by atoms with Crippen molar-refractivity contribution in [3.63, 3.8) is 0 Å². The van der Waals surface area contributed by atoms with Gasteiger partial charge < -0.3 is 14.0 Å². The summed E-state index contributed by atoms with van der Waals surface area (Å²) in [6.45, 7) is 9.21. The standard InChI is InChI=1S/C27H39NO4S/c1-6-9-10-18(7-2)16-28-21-12-11-19(21)20-15-17(4)27(32-24(29)8-3)26-22(31-5)13-14-23(25(20)26)33(28)30/h13-15,18-19,21,25-26H,6-12,16H2,1-5H3/t18?,19?,21?,25-,26?,33?/m0/s1. The Morgan fingerprint density at radius 2 is 2.03 bits per heavy atom. The first kappa shape index (κ1) is 24.6. The summed E-state index contributed by atoms with van der Waals surface area (Å²) in [7, 11) is 1.67. The molecule has 5 unspecified atom stereocenters. The zero-order valence-electron chi connectivity index (χ0n) is 20.8. The van der Waals surface area contributed by atoms with Crippen molar-refractivity contribution in [3.05, 3.63) is 45.8 Å². The molecule has 0 N–H and O–H groups in total. The van der Waals surface area contributed by atoms with Crippen LogP contribution in [0.1, 0.15) is 72.6 Å². The van der Waals surface area contributed by atoms with Crippen molar-refractivity contribution in [2.45, 2.75) is 78.7 Å². The van der Waals surface area contributed by atoms with Crippen LogP contribution in [-0.4, -0.2) is 34.5 Å². The van der Waals surface area contributed by atoms with Crippen LogP contribution in [0, 0.1) is 23.7 Å². The Hall–Kier alpha value is -1.50. The van der Waals surface area contributed by atoms with Gasteiger partial charge in [-0.05, 0) is 49.8 Å². The number of carbonyl (C=O) groups is 1. The van der Waals surface area contributed by atoms with E-state index in [0.29, 0.717) is 30.1 Å². The van der Waals surface area contributed by atoms with Crippen LogP contribution in [0.15, 0.2) is 45.8 Å². The van der Waals surface area contributed by atoms with E-state index >= 15 is 0 Å². The Morgan fingerprint density at radius 1 is 1.24 bits per heavy atom. The lowest BCUT2D eigenvalue weighted by Gasteiger charge is -2.43. The van der Waals surface area contributed by atoms with Gasteiger partial charge in [0.2, 0.25) is 0 Å². The number of methoxy groups -OCH3 is 1. The second-order valence-corrected chi connectivity index (χ2v) is 11.3. The van der Waals surface area contributed by atoms with Gasteiger partial charge in [-0.1, -0.05) is 51.7 Å². The molecule has 3 aliphatic carbocycles. The van der Waals surface area contributed by atoms with Gasteiger partial charge in [-0.3, -0.25) is 4.79 Å². The molecule has 0 aromatic rings. The van der Waals surface area contributed by atoms with Crippen LogP contribution in [0.5, 0.6) is 0 Å². The molecule has 6 atom stereocenters. The van der Waals surface area contributed by atoms with E-state index < -0.39 is 11.4 Å². The summed E-state index contributed by atoms with van der Waals surface area (Å²) in [5.74, 6) is 1.86. The van der Waals surface area contributed by atoms with Gasteiger partial charge in [0.1, 0.15) is 11.5 Å². The molecular formula is C27H39NO4S. The number of carbonyl (C=O) groups excluding carboxylic acids is 1. The molecule has 5 nitrogen and oxygen atoms in total. The molecule has 0 aromatic carbocycles. The number of allylic oxidation sites excluding steroid dienone is 5. The number of hydrogen-bond acceptors (Lipinski definition) is 5. The monoisotopic (exact) mass is 473 g/mol. The maximum absolute atomic E-state index is 14.1. The molecule has 4 aliphatic rings. The fourth-order valence-electron chi connectivity index (χ4n) is 5.88. The van der Waals surface area contributed by atoms with E-state index in [-0.39, 0.29) is 17.8 Å². The van der Waals surface area contributed by atoms with E-state index in [0.717, 1.165) is 42.0 Å². The number of nitrogens with zero attached hydrogens (tertiary/aromatic N) is 1. The lowest BCUT2D eigenvalue weighted by Crippen LogP contribution is -2.50. The average Bonchev–Trinajstić information content (AvgIpc) is 2.86. The molecule has 1 aliphatic heterocycles. The average molecular weight is 474 g/mol. The van der Waals surface area contributed by atoms with E-state index in [9.17, 15) is 9.35 Å². The predicted molar refractivity (Wildman–Crippen MR) is 132 cm³/mol. The molecule has 182 valence electrons. The highest BCUT2D eigenvalue weighted by Gasteiger charge is 2.56. The van der Waals surface area contributed by atoms with Gasteiger partial charge in [-0.2, -0.15) is 0 Å². The number of fused-ring (bicyclic) bond motifs is 2. The third-order valence-corrected chi connectivity index (χ3v) is 9.59. The van der Waals surface area contributed by atoms with Crippen molar-refractivity contribution in [2.24, 2.45) is 23.7 Å². The van der Waals surface area contributed by atoms with Gasteiger partial charge in [0, 0.05) is 18.9 Å². The van der Waals surface area contributed by atoms with Crippen molar-refractivity contribution >= 4 is 17.3 Å². The third kappa shape index (κ3) is 4.46. The minimum Gasteiger partial charge on any atom is -0.593 e. The largest absolute Gasteiger partial charge is 0.593 e. The molecule has 0 aromatic heterocycles. The minimum absolute atomic E-state index is 0.0670. The van der Waals surface area contributed by atoms with Crippen LogP contribution in [0.3, 0.4) is 0 Å². The highest BCUT2D eigenvalue weighted by Crippen LogP contribution is 2.56. The van der Waals surface area contributed by atoms with E-state index in [2.05, 4.69) is 24.2 Å². The summed E-state index contributed by atoms with van der Waals surface area (Å²) in [6, 6.07) is 0.318. The van der Waals surface area contributed by atoms with Crippen LogP contribution >= 0.6 is 0 Å². The van der Waals surface area contributed by atoms with Gasteiger partial charge in [-0.25, -0.2) is 0 Å². The molecule has 1 heterocycles. The zero-order chi connectivity index (χ0) is 23.7. The topological polar surface area (TPSA) is 61.8 Å². The van der Waals surface area contributed by atoms with Crippen molar-refractivity contribution < 1.29 is 18.8 Å². The maximum Gasteiger partial charge on any atom is 0.310 e. The smallest absolute Gasteiger partial charge is 0.310 e. The second kappa shape index (κ2) is 10.4. The number of hydrogen-bond donors (Lipinski definition) is 0. The van der Waals surface area contributed by atoms with Crippen LogP contribution in [0.4, 0.5) is 0 Å². The lowest BCUT2D eigenvalue weighted by molar-refractivity contribution is -0.140. The third-order valence-electron chi connectivity index (χ3n) is 7.95. The molecule has 4 rings (SSSR count). The molecule has 2 fully saturated rings. The molecule has 0 bridgehead atoms. The summed E-state index contributed by atoms with van der Waals surface area (Å²) in [6.07, 6.45) is 13.4. The quantitative estimate of drug-likeness (QED) is 0.313. The fraction of sp³-hybridized carbons (Fsp3) is 0.667. The van der Waals surface area contributed by atoms with Gasteiger partial charge in [-0.15, -0.1) is 4.31 Å². The van der Waals surface area contributed by atoms with Crippen LogP contribution in [0.25, 0.3) is 0 Å². The van der Waals surface area contributed by atoms with Gasteiger partial charge in [0.05, 0.1) is 36.3 Å². The SMILES string of the molecule is CCCCC(CC)CN1C2CCC2C2=CC(C)=C(OC(=O)CC)C3C(OC)=CC=C([C@H]23)[S+]1[O-]. The first-order valence-electron chi connectivity index (χ1n) is 12.7. The van der Waals surface area contributed by atoms with Gasteiger partial charge >= 0.3 is 5.97 Å². The molecule has 33 heavy (non-hydrogen) atoms. The molecular weight excluding hydrogens is 434 g/mol. The molecule has 1 saturated heterocycles. The number of unbranched alkanes of at least 4 members (excludes halogenated alkanes) is 1. The first-order chi connectivity index (χ1) is 15.9. The van der Waals surface area contributed by atoms with Crippen molar-refractivity contribution in [3.8, 4) is 0 Å². The Morgan fingerprint density at radius 3 is 2.64 bits per heavy atom. The summed E-state index contributed by atoms with van der Waals surface area (Å²) in [5.41, 5.74) is 2.33. The minimum atomic E-state index is -1.22. The molecule has 6 heteroatoms. The predicted octanol–water partition coefficient (Wildman–Crippen LogP) is 5.79. The maximum atomic E-state index is 14.1. The van der Waals surface area contributed by atoms with Crippen LogP contribution in [-0.2, 0) is 25.6 Å². The Labute approximate surface area is 202 Å².